The fourth-order valence-electron chi connectivity index (χ4n) is 4.43. The van der Waals surface area contributed by atoms with Crippen molar-refractivity contribution in [3.63, 3.8) is 0 Å². The minimum Gasteiger partial charge on any atom is -0.355 e. The Labute approximate surface area is 176 Å². The van der Waals surface area contributed by atoms with Gasteiger partial charge in [-0.2, -0.15) is 0 Å². The van der Waals surface area contributed by atoms with Crippen molar-refractivity contribution in [3.05, 3.63) is 69.1 Å². The van der Waals surface area contributed by atoms with E-state index in [2.05, 4.69) is 10.2 Å². The molecule has 2 amide bonds. The number of rotatable bonds is 5. The molecule has 0 unspecified atom stereocenters. The van der Waals surface area contributed by atoms with Gasteiger partial charge in [0.2, 0.25) is 5.91 Å². The van der Waals surface area contributed by atoms with Crippen molar-refractivity contribution >= 4 is 11.8 Å². The van der Waals surface area contributed by atoms with Crippen LogP contribution < -0.4 is 10.9 Å². The van der Waals surface area contributed by atoms with Gasteiger partial charge in [0, 0.05) is 46.0 Å². The second-order valence-corrected chi connectivity index (χ2v) is 8.25. The van der Waals surface area contributed by atoms with Crippen molar-refractivity contribution in [1.29, 1.82) is 0 Å². The minimum atomic E-state index is -0.356. The lowest BCUT2D eigenvalue weighted by atomic mass is 9.93. The molecule has 0 saturated carbocycles. The van der Waals surface area contributed by atoms with E-state index in [0.717, 1.165) is 29.8 Å². The maximum atomic E-state index is 13.1. The predicted octanol–water partition coefficient (Wildman–Crippen LogP) is 0.897. The quantitative estimate of drug-likeness (QED) is 0.798. The molecule has 2 aliphatic heterocycles. The number of benzene rings is 1. The van der Waals surface area contributed by atoms with E-state index in [-0.39, 0.29) is 28.9 Å². The first kappa shape index (κ1) is 20.3. The number of nitrogens with one attached hydrogen (secondary N) is 1. The first-order valence-corrected chi connectivity index (χ1v) is 10.5. The van der Waals surface area contributed by atoms with E-state index in [9.17, 15) is 14.4 Å². The van der Waals surface area contributed by atoms with Crippen molar-refractivity contribution in [2.75, 3.05) is 33.7 Å². The fraction of sp³-hybridized carbons (Fsp3) is 0.435. The molecule has 0 aliphatic carbocycles. The maximum absolute atomic E-state index is 13.1. The summed E-state index contributed by atoms with van der Waals surface area (Å²) in [6.07, 6.45) is 3.07. The van der Waals surface area contributed by atoms with Crippen LogP contribution in [-0.4, -0.2) is 59.9 Å². The number of aryl methyl sites for hydroxylation is 2. The molecular weight excluding hydrogens is 380 g/mol. The summed E-state index contributed by atoms with van der Waals surface area (Å²) in [6, 6.07) is 9.96. The molecule has 1 aromatic carbocycles. The van der Waals surface area contributed by atoms with Crippen LogP contribution in [0.5, 0.6) is 0 Å². The first-order chi connectivity index (χ1) is 14.5. The Morgan fingerprint density at radius 2 is 1.90 bits per heavy atom. The zero-order valence-corrected chi connectivity index (χ0v) is 17.6. The Morgan fingerprint density at radius 3 is 2.57 bits per heavy atom. The van der Waals surface area contributed by atoms with Crippen LogP contribution in [0.2, 0.25) is 0 Å². The molecule has 3 heterocycles. The number of pyridine rings is 1. The van der Waals surface area contributed by atoms with Crippen molar-refractivity contribution in [1.82, 2.24) is 19.7 Å². The summed E-state index contributed by atoms with van der Waals surface area (Å²) in [4.78, 5) is 42.5. The average molecular weight is 409 g/mol. The van der Waals surface area contributed by atoms with Crippen LogP contribution in [0.1, 0.15) is 27.0 Å². The number of nitrogens with zero attached hydrogens (tertiary/aromatic N) is 3. The second-order valence-electron chi connectivity index (χ2n) is 8.25. The minimum absolute atomic E-state index is 0.0546. The highest BCUT2D eigenvalue weighted by Crippen LogP contribution is 2.24. The van der Waals surface area contributed by atoms with Crippen molar-refractivity contribution in [3.8, 4) is 0 Å². The molecule has 2 aromatic rings. The summed E-state index contributed by atoms with van der Waals surface area (Å²) in [5, 5.41) is 2.61. The standard InChI is InChI=1S/C23H28N4O3/c1-24-21(28)20-19-9-11-26(22(29)18-12-25(2)13-18)14-17(19)15-27(23(20)30)10-8-16-6-4-3-5-7-16/h3-7,15,18H,8-14H2,1-2H3,(H,24,28). The molecule has 30 heavy (non-hydrogen) atoms. The van der Waals surface area contributed by atoms with Crippen LogP contribution in [0.15, 0.2) is 41.3 Å². The molecular formula is C23H28N4O3. The molecule has 1 saturated heterocycles. The summed E-state index contributed by atoms with van der Waals surface area (Å²) < 4.78 is 1.63. The molecule has 0 bridgehead atoms. The number of fused-ring (bicyclic) bond motifs is 1. The van der Waals surface area contributed by atoms with Gasteiger partial charge in [-0.15, -0.1) is 0 Å². The molecule has 1 N–H and O–H groups in total. The Balaban J connectivity index is 1.62. The van der Waals surface area contributed by atoms with Gasteiger partial charge in [-0.05, 0) is 36.6 Å². The van der Waals surface area contributed by atoms with Crippen molar-refractivity contribution in [2.45, 2.75) is 25.9 Å². The van der Waals surface area contributed by atoms with Gasteiger partial charge in [0.25, 0.3) is 11.5 Å². The Bertz CT molecular complexity index is 1010. The zero-order valence-electron chi connectivity index (χ0n) is 17.6. The smallest absolute Gasteiger partial charge is 0.263 e. The molecule has 0 atom stereocenters. The maximum Gasteiger partial charge on any atom is 0.263 e. The molecule has 7 heteroatoms. The highest BCUT2D eigenvalue weighted by molar-refractivity contribution is 5.95. The zero-order chi connectivity index (χ0) is 21.3. The topological polar surface area (TPSA) is 74.6 Å². The summed E-state index contributed by atoms with van der Waals surface area (Å²) in [5.74, 6) is -0.132. The number of likely N-dealkylation sites (tertiary alicyclic amines) is 1. The lowest BCUT2D eigenvalue weighted by Gasteiger charge is -2.40. The van der Waals surface area contributed by atoms with Gasteiger partial charge >= 0.3 is 0 Å². The van der Waals surface area contributed by atoms with Crippen LogP contribution in [0.3, 0.4) is 0 Å². The third kappa shape index (κ3) is 3.89. The van der Waals surface area contributed by atoms with E-state index in [4.69, 9.17) is 0 Å². The largest absolute Gasteiger partial charge is 0.355 e. The highest BCUT2D eigenvalue weighted by Gasteiger charge is 2.35. The summed E-state index contributed by atoms with van der Waals surface area (Å²) in [7, 11) is 3.55. The number of hydrogen-bond acceptors (Lipinski definition) is 4. The molecule has 7 nitrogen and oxygen atoms in total. The van der Waals surface area contributed by atoms with E-state index in [1.807, 2.05) is 48.5 Å². The molecule has 0 radical (unpaired) electrons. The molecule has 0 spiro atoms. The third-order valence-electron chi connectivity index (χ3n) is 6.13. The van der Waals surface area contributed by atoms with E-state index < -0.39 is 0 Å². The third-order valence-corrected chi connectivity index (χ3v) is 6.13. The Morgan fingerprint density at radius 1 is 1.17 bits per heavy atom. The van der Waals surface area contributed by atoms with E-state index in [1.54, 1.807) is 11.6 Å². The van der Waals surface area contributed by atoms with Gasteiger partial charge in [0.05, 0.1) is 5.92 Å². The average Bonchev–Trinajstić information content (AvgIpc) is 2.75. The number of aromatic nitrogens is 1. The summed E-state index contributed by atoms with van der Waals surface area (Å²) in [6.45, 7) is 3.07. The van der Waals surface area contributed by atoms with Crippen molar-refractivity contribution < 1.29 is 9.59 Å². The van der Waals surface area contributed by atoms with Gasteiger partial charge < -0.3 is 19.7 Å². The highest BCUT2D eigenvalue weighted by atomic mass is 16.2. The van der Waals surface area contributed by atoms with Crippen LogP contribution in [0.4, 0.5) is 0 Å². The lowest BCUT2D eigenvalue weighted by molar-refractivity contribution is -0.141. The second kappa shape index (κ2) is 8.44. The summed E-state index contributed by atoms with van der Waals surface area (Å²) in [5.41, 5.74) is 2.77. The van der Waals surface area contributed by atoms with E-state index in [0.29, 0.717) is 32.5 Å². The van der Waals surface area contributed by atoms with Crippen LogP contribution >= 0.6 is 0 Å². The lowest BCUT2D eigenvalue weighted by Crippen LogP contribution is -2.53. The normalized spacial score (nSPS) is 16.7. The Hall–Kier alpha value is -2.93. The summed E-state index contributed by atoms with van der Waals surface area (Å²) >= 11 is 0. The molecule has 1 aromatic heterocycles. The van der Waals surface area contributed by atoms with Gasteiger partial charge in [-0.25, -0.2) is 0 Å². The van der Waals surface area contributed by atoms with Crippen LogP contribution in [0.25, 0.3) is 0 Å². The number of carbonyl (C=O) groups excluding carboxylic acids is 2. The van der Waals surface area contributed by atoms with Gasteiger partial charge in [-0.3, -0.25) is 14.4 Å². The SMILES string of the molecule is CNC(=O)c1c2c(cn(CCc3ccccc3)c1=O)CN(C(=O)C1CN(C)C1)CC2. The first-order valence-electron chi connectivity index (χ1n) is 10.5. The monoisotopic (exact) mass is 408 g/mol. The molecule has 158 valence electrons. The van der Waals surface area contributed by atoms with E-state index in [1.165, 1.54) is 0 Å². The van der Waals surface area contributed by atoms with Gasteiger partial charge in [0.1, 0.15) is 5.56 Å². The molecule has 4 rings (SSSR count). The van der Waals surface area contributed by atoms with E-state index >= 15 is 0 Å². The van der Waals surface area contributed by atoms with Crippen LogP contribution in [0, 0.1) is 5.92 Å². The number of hydrogen-bond donors (Lipinski definition) is 1. The predicted molar refractivity (Wildman–Crippen MR) is 114 cm³/mol. The molecule has 2 aliphatic rings. The number of amides is 2. The molecule has 1 fully saturated rings. The van der Waals surface area contributed by atoms with Gasteiger partial charge in [0.15, 0.2) is 0 Å². The van der Waals surface area contributed by atoms with Crippen LogP contribution in [-0.2, 0) is 30.7 Å². The Kier molecular flexibility index (Phi) is 5.72. The van der Waals surface area contributed by atoms with Crippen molar-refractivity contribution in [2.24, 2.45) is 5.92 Å². The van der Waals surface area contributed by atoms with Gasteiger partial charge in [-0.1, -0.05) is 30.3 Å². The fourth-order valence-corrected chi connectivity index (χ4v) is 4.43. The number of carbonyl (C=O) groups is 2.